The summed E-state index contributed by atoms with van der Waals surface area (Å²) in [5, 5.41) is 2.92. The van der Waals surface area contributed by atoms with Crippen molar-refractivity contribution in [3.05, 3.63) is 78.4 Å². The van der Waals surface area contributed by atoms with Crippen LogP contribution in [0.25, 0.3) is 0 Å². The average Bonchev–Trinajstić information content (AvgIpc) is 3.22. The van der Waals surface area contributed by atoms with Gasteiger partial charge in [-0.2, -0.15) is 0 Å². The summed E-state index contributed by atoms with van der Waals surface area (Å²) in [6, 6.07) is 22.6. The Bertz CT molecular complexity index is 1160. The Morgan fingerprint density at radius 1 is 0.941 bits per heavy atom. The molecular weight excluding hydrogens is 428 g/mol. The Labute approximate surface area is 200 Å². The highest BCUT2D eigenvalue weighted by molar-refractivity contribution is 6.03. The zero-order chi connectivity index (χ0) is 24.3. The fourth-order valence-electron chi connectivity index (χ4n) is 3.92. The van der Waals surface area contributed by atoms with Gasteiger partial charge >= 0.3 is 0 Å². The SMILES string of the molecule is COc1cccc(N2C[C@H](C(=O)Nc3ccc(Oc4ccc(C(C)(C)C)cc4)cc3)CC2=O)c1. The van der Waals surface area contributed by atoms with Crippen molar-refractivity contribution in [2.45, 2.75) is 32.6 Å². The smallest absolute Gasteiger partial charge is 0.229 e. The van der Waals surface area contributed by atoms with Crippen LogP contribution in [0.2, 0.25) is 0 Å². The number of ether oxygens (including phenoxy) is 2. The Hall–Kier alpha value is -3.80. The summed E-state index contributed by atoms with van der Waals surface area (Å²) >= 11 is 0. The number of hydrogen-bond acceptors (Lipinski definition) is 4. The van der Waals surface area contributed by atoms with Crippen molar-refractivity contribution in [3.8, 4) is 17.2 Å². The molecule has 0 bridgehead atoms. The van der Waals surface area contributed by atoms with Crippen LogP contribution in [0.1, 0.15) is 32.8 Å². The molecule has 1 saturated heterocycles. The molecule has 4 rings (SSSR count). The Balaban J connectivity index is 1.35. The van der Waals surface area contributed by atoms with Crippen LogP contribution >= 0.6 is 0 Å². The number of carbonyl (C=O) groups is 2. The molecule has 1 aliphatic rings. The van der Waals surface area contributed by atoms with Gasteiger partial charge in [0, 0.05) is 30.4 Å². The second kappa shape index (κ2) is 9.59. The molecule has 1 N–H and O–H groups in total. The van der Waals surface area contributed by atoms with Crippen LogP contribution in [-0.4, -0.2) is 25.5 Å². The van der Waals surface area contributed by atoms with E-state index in [2.05, 4.69) is 38.2 Å². The Morgan fingerprint density at radius 3 is 2.21 bits per heavy atom. The lowest BCUT2D eigenvalue weighted by atomic mass is 9.87. The zero-order valence-electron chi connectivity index (χ0n) is 20.0. The number of carbonyl (C=O) groups excluding carboxylic acids is 2. The van der Waals surface area contributed by atoms with Gasteiger partial charge in [-0.05, 0) is 59.5 Å². The molecule has 1 aliphatic heterocycles. The predicted molar refractivity (Wildman–Crippen MR) is 134 cm³/mol. The number of nitrogens with one attached hydrogen (secondary N) is 1. The van der Waals surface area contributed by atoms with E-state index in [0.717, 1.165) is 11.4 Å². The minimum atomic E-state index is -0.420. The van der Waals surface area contributed by atoms with E-state index >= 15 is 0 Å². The number of anilines is 2. The topological polar surface area (TPSA) is 67.9 Å². The zero-order valence-corrected chi connectivity index (χ0v) is 20.0. The predicted octanol–water partition coefficient (Wildman–Crippen LogP) is 5.78. The van der Waals surface area contributed by atoms with Gasteiger partial charge in [0.05, 0.1) is 13.0 Å². The molecule has 0 spiro atoms. The number of rotatable bonds is 6. The van der Waals surface area contributed by atoms with Gasteiger partial charge in [0.1, 0.15) is 17.2 Å². The average molecular weight is 459 g/mol. The van der Waals surface area contributed by atoms with Crippen molar-refractivity contribution in [2.24, 2.45) is 5.92 Å². The van der Waals surface area contributed by atoms with Crippen LogP contribution in [0.5, 0.6) is 17.2 Å². The van der Waals surface area contributed by atoms with Gasteiger partial charge in [0.2, 0.25) is 11.8 Å². The van der Waals surface area contributed by atoms with E-state index in [4.69, 9.17) is 9.47 Å². The maximum absolute atomic E-state index is 12.8. The summed E-state index contributed by atoms with van der Waals surface area (Å²) in [7, 11) is 1.58. The monoisotopic (exact) mass is 458 g/mol. The molecule has 34 heavy (non-hydrogen) atoms. The van der Waals surface area contributed by atoms with Crippen molar-refractivity contribution in [3.63, 3.8) is 0 Å². The summed E-state index contributed by atoms with van der Waals surface area (Å²) in [6.45, 7) is 6.86. The summed E-state index contributed by atoms with van der Waals surface area (Å²) in [4.78, 5) is 27.0. The molecule has 6 heteroatoms. The molecule has 2 amide bonds. The highest BCUT2D eigenvalue weighted by Crippen LogP contribution is 2.30. The van der Waals surface area contributed by atoms with Gasteiger partial charge in [-0.15, -0.1) is 0 Å². The fourth-order valence-corrected chi connectivity index (χ4v) is 3.92. The lowest BCUT2D eigenvalue weighted by Gasteiger charge is -2.19. The standard InChI is InChI=1S/C28H30N2O4/c1-28(2,3)20-8-12-23(13-9-20)34-24-14-10-21(11-15-24)29-27(32)19-16-26(31)30(18-19)22-6-5-7-25(17-22)33-4/h5-15,17,19H,16,18H2,1-4H3,(H,29,32)/t19-/m1/s1. The quantitative estimate of drug-likeness (QED) is 0.509. The fraction of sp³-hybridized carbons (Fsp3) is 0.286. The Morgan fingerprint density at radius 2 is 1.59 bits per heavy atom. The molecule has 176 valence electrons. The lowest BCUT2D eigenvalue weighted by Crippen LogP contribution is -2.28. The molecular formula is C28H30N2O4. The molecule has 0 aromatic heterocycles. The minimum Gasteiger partial charge on any atom is -0.497 e. The van der Waals surface area contributed by atoms with Crippen LogP contribution in [0.3, 0.4) is 0 Å². The van der Waals surface area contributed by atoms with Gasteiger partial charge in [0.15, 0.2) is 0 Å². The van der Waals surface area contributed by atoms with Crippen molar-refractivity contribution in [1.82, 2.24) is 0 Å². The van der Waals surface area contributed by atoms with Crippen molar-refractivity contribution in [1.29, 1.82) is 0 Å². The molecule has 0 saturated carbocycles. The lowest BCUT2D eigenvalue weighted by molar-refractivity contribution is -0.122. The Kier molecular flexibility index (Phi) is 6.59. The molecule has 0 unspecified atom stereocenters. The van der Waals surface area contributed by atoms with Gasteiger partial charge in [-0.1, -0.05) is 39.0 Å². The van der Waals surface area contributed by atoms with Gasteiger partial charge in [0.25, 0.3) is 0 Å². The third-order valence-corrected chi connectivity index (χ3v) is 5.94. The largest absolute Gasteiger partial charge is 0.497 e. The highest BCUT2D eigenvalue weighted by atomic mass is 16.5. The maximum Gasteiger partial charge on any atom is 0.229 e. The highest BCUT2D eigenvalue weighted by Gasteiger charge is 2.35. The third-order valence-electron chi connectivity index (χ3n) is 5.94. The number of methoxy groups -OCH3 is 1. The van der Waals surface area contributed by atoms with E-state index in [-0.39, 0.29) is 23.7 Å². The molecule has 1 heterocycles. The first-order chi connectivity index (χ1) is 16.2. The second-order valence-corrected chi connectivity index (χ2v) is 9.50. The number of amides is 2. The van der Waals surface area contributed by atoms with Crippen LogP contribution in [0.4, 0.5) is 11.4 Å². The molecule has 1 fully saturated rings. The number of benzene rings is 3. The van der Waals surface area contributed by atoms with Gasteiger partial charge in [-0.3, -0.25) is 9.59 Å². The van der Waals surface area contributed by atoms with E-state index in [1.807, 2.05) is 42.5 Å². The van der Waals surface area contributed by atoms with Crippen LogP contribution in [0, 0.1) is 5.92 Å². The summed E-state index contributed by atoms with van der Waals surface area (Å²) in [5.41, 5.74) is 2.73. The summed E-state index contributed by atoms with van der Waals surface area (Å²) < 4.78 is 11.2. The minimum absolute atomic E-state index is 0.0744. The van der Waals surface area contributed by atoms with Crippen LogP contribution in [0.15, 0.2) is 72.8 Å². The summed E-state index contributed by atoms with van der Waals surface area (Å²) in [6.07, 6.45) is 0.175. The van der Waals surface area contributed by atoms with E-state index in [0.29, 0.717) is 23.7 Å². The molecule has 0 aliphatic carbocycles. The number of nitrogens with zero attached hydrogens (tertiary/aromatic N) is 1. The number of hydrogen-bond donors (Lipinski definition) is 1. The van der Waals surface area contributed by atoms with Crippen LogP contribution in [-0.2, 0) is 15.0 Å². The van der Waals surface area contributed by atoms with Crippen molar-refractivity contribution < 1.29 is 19.1 Å². The van der Waals surface area contributed by atoms with E-state index in [9.17, 15) is 9.59 Å². The van der Waals surface area contributed by atoms with E-state index in [1.54, 1.807) is 30.2 Å². The normalized spacial score (nSPS) is 15.8. The summed E-state index contributed by atoms with van der Waals surface area (Å²) in [5.74, 6) is 1.44. The van der Waals surface area contributed by atoms with Crippen molar-refractivity contribution in [2.75, 3.05) is 23.9 Å². The first kappa shape index (κ1) is 23.4. The van der Waals surface area contributed by atoms with E-state index in [1.165, 1.54) is 5.56 Å². The van der Waals surface area contributed by atoms with Gasteiger partial charge < -0.3 is 19.7 Å². The molecule has 1 atom stereocenters. The maximum atomic E-state index is 12.8. The molecule has 6 nitrogen and oxygen atoms in total. The van der Waals surface area contributed by atoms with E-state index < -0.39 is 5.92 Å². The van der Waals surface area contributed by atoms with Crippen molar-refractivity contribution >= 4 is 23.2 Å². The van der Waals surface area contributed by atoms with Gasteiger partial charge in [-0.25, -0.2) is 0 Å². The molecule has 3 aromatic rings. The van der Waals surface area contributed by atoms with Crippen LogP contribution < -0.4 is 19.7 Å². The first-order valence-corrected chi connectivity index (χ1v) is 11.4. The molecule has 3 aromatic carbocycles. The third kappa shape index (κ3) is 5.39. The molecule has 0 radical (unpaired) electrons. The first-order valence-electron chi connectivity index (χ1n) is 11.4. The second-order valence-electron chi connectivity index (χ2n) is 9.50.